The largest absolute Gasteiger partial charge is 0.405 e. The van der Waals surface area contributed by atoms with Crippen LogP contribution in [-0.2, 0) is 19.1 Å². The minimum atomic E-state index is -1.06. The number of carbonyl (C=O) groups is 2. The summed E-state index contributed by atoms with van der Waals surface area (Å²) in [5, 5.41) is 0. The van der Waals surface area contributed by atoms with Crippen molar-refractivity contribution in [1.82, 2.24) is 0 Å². The van der Waals surface area contributed by atoms with Crippen LogP contribution in [0.25, 0.3) is 0 Å². The summed E-state index contributed by atoms with van der Waals surface area (Å²) in [6.07, 6.45) is -0.0988. The highest BCUT2D eigenvalue weighted by atomic mass is 16.6. The number of hydrogen-bond donors (Lipinski definition) is 0. The zero-order valence-corrected chi connectivity index (χ0v) is 10.8. The molecule has 1 heterocycles. The zero-order valence-electron chi connectivity index (χ0n) is 10.8. The van der Waals surface area contributed by atoms with Crippen LogP contribution in [0, 0.1) is 0 Å². The number of aliphatic imine (C=N–C) groups is 1. The van der Waals surface area contributed by atoms with Crippen molar-refractivity contribution < 1.29 is 19.1 Å². The summed E-state index contributed by atoms with van der Waals surface area (Å²) in [6, 6.07) is 7.96. The maximum atomic E-state index is 11.9. The van der Waals surface area contributed by atoms with Gasteiger partial charge in [0.15, 0.2) is 5.78 Å². The van der Waals surface area contributed by atoms with E-state index in [4.69, 9.17) is 9.47 Å². The van der Waals surface area contributed by atoms with E-state index in [1.54, 1.807) is 19.1 Å². The average Bonchev–Trinajstić information content (AvgIpc) is 2.81. The first-order valence-electron chi connectivity index (χ1n) is 6.02. The molecule has 5 heteroatoms. The Labute approximate surface area is 111 Å². The van der Waals surface area contributed by atoms with Crippen LogP contribution >= 0.6 is 0 Å². The van der Waals surface area contributed by atoms with E-state index in [2.05, 4.69) is 4.99 Å². The molecule has 0 saturated carbocycles. The van der Waals surface area contributed by atoms with Gasteiger partial charge in [-0.3, -0.25) is 4.79 Å². The molecule has 0 fully saturated rings. The molecule has 0 saturated heterocycles. The molecule has 1 aromatic carbocycles. The molecule has 0 radical (unpaired) electrons. The number of carbonyl (C=O) groups excluding carboxylic acids is 2. The summed E-state index contributed by atoms with van der Waals surface area (Å²) < 4.78 is 10.1. The Morgan fingerprint density at radius 2 is 2.11 bits per heavy atom. The maximum Gasteiger partial charge on any atom is 0.345 e. The van der Waals surface area contributed by atoms with Gasteiger partial charge >= 0.3 is 5.97 Å². The van der Waals surface area contributed by atoms with Gasteiger partial charge < -0.3 is 9.47 Å². The number of ether oxygens (including phenoxy) is 2. The van der Waals surface area contributed by atoms with Crippen LogP contribution in [0.5, 0.6) is 0 Å². The normalized spacial score (nSPS) is 19.8. The van der Waals surface area contributed by atoms with E-state index < -0.39 is 12.0 Å². The van der Waals surface area contributed by atoms with Crippen LogP contribution in [0.1, 0.15) is 18.9 Å². The molecule has 0 spiro atoms. The molecule has 2 atom stereocenters. The highest BCUT2D eigenvalue weighted by Gasteiger charge is 2.35. The molecular weight excluding hydrogens is 246 g/mol. The van der Waals surface area contributed by atoms with Gasteiger partial charge in [-0.25, -0.2) is 9.79 Å². The molecule has 0 N–H and O–H groups in total. The quantitative estimate of drug-likeness (QED) is 0.593. The van der Waals surface area contributed by atoms with Crippen LogP contribution in [0.3, 0.4) is 0 Å². The third kappa shape index (κ3) is 3.06. The van der Waals surface area contributed by atoms with E-state index in [1.165, 1.54) is 7.11 Å². The standard InChI is InChI=1S/C14H15NO4/c1-9(18-2)8-11(16)12-14(17)19-13(15-12)10-6-4-3-5-7-10/h3-7,9,12H,8H2,1-2H3. The summed E-state index contributed by atoms with van der Waals surface area (Å²) in [6.45, 7) is 1.76. The molecule has 2 unspecified atom stereocenters. The second-order valence-corrected chi connectivity index (χ2v) is 4.34. The van der Waals surface area contributed by atoms with Gasteiger partial charge in [0.2, 0.25) is 11.9 Å². The molecule has 0 aliphatic carbocycles. The second kappa shape index (κ2) is 5.75. The third-order valence-corrected chi connectivity index (χ3v) is 2.88. The van der Waals surface area contributed by atoms with Crippen molar-refractivity contribution in [3.63, 3.8) is 0 Å². The first kappa shape index (κ1) is 13.4. The molecule has 1 aromatic rings. The minimum Gasteiger partial charge on any atom is -0.405 e. The molecule has 19 heavy (non-hydrogen) atoms. The number of Topliss-reactive ketones (excluding diaryl/α,β-unsaturated/α-hetero) is 1. The lowest BCUT2D eigenvalue weighted by atomic mass is 10.1. The highest BCUT2D eigenvalue weighted by molar-refractivity contribution is 6.15. The van der Waals surface area contributed by atoms with Gasteiger partial charge in [-0.05, 0) is 19.1 Å². The fourth-order valence-corrected chi connectivity index (χ4v) is 1.74. The number of nitrogens with zero attached hydrogens (tertiary/aromatic N) is 1. The summed E-state index contributed by atoms with van der Waals surface area (Å²) in [5.74, 6) is -0.702. The maximum absolute atomic E-state index is 11.9. The van der Waals surface area contributed by atoms with E-state index in [9.17, 15) is 9.59 Å². The van der Waals surface area contributed by atoms with Crippen molar-refractivity contribution >= 4 is 17.7 Å². The van der Waals surface area contributed by atoms with Gasteiger partial charge in [0.05, 0.1) is 6.10 Å². The fourth-order valence-electron chi connectivity index (χ4n) is 1.74. The fraction of sp³-hybridized carbons (Fsp3) is 0.357. The van der Waals surface area contributed by atoms with E-state index in [0.29, 0.717) is 5.56 Å². The molecule has 2 rings (SSSR count). The minimum absolute atomic E-state index is 0.141. The van der Waals surface area contributed by atoms with E-state index in [0.717, 1.165) is 0 Å². The summed E-state index contributed by atoms with van der Waals surface area (Å²) in [7, 11) is 1.52. The first-order chi connectivity index (χ1) is 9.11. The lowest BCUT2D eigenvalue weighted by Gasteiger charge is -2.08. The molecule has 0 aromatic heterocycles. The van der Waals surface area contributed by atoms with E-state index in [1.807, 2.05) is 18.2 Å². The third-order valence-electron chi connectivity index (χ3n) is 2.88. The van der Waals surface area contributed by atoms with Crippen LogP contribution in [0.2, 0.25) is 0 Å². The smallest absolute Gasteiger partial charge is 0.345 e. The van der Waals surface area contributed by atoms with Crippen molar-refractivity contribution in [3.8, 4) is 0 Å². The van der Waals surface area contributed by atoms with Gasteiger partial charge in [-0.15, -0.1) is 0 Å². The van der Waals surface area contributed by atoms with Gasteiger partial charge in [-0.1, -0.05) is 18.2 Å². The van der Waals surface area contributed by atoms with Crippen LogP contribution in [0.4, 0.5) is 0 Å². The lowest BCUT2D eigenvalue weighted by Crippen LogP contribution is -2.28. The number of esters is 1. The molecule has 5 nitrogen and oxygen atoms in total. The van der Waals surface area contributed by atoms with Gasteiger partial charge in [0, 0.05) is 19.1 Å². The van der Waals surface area contributed by atoms with Crippen molar-refractivity contribution in [3.05, 3.63) is 35.9 Å². The summed E-state index contributed by atoms with van der Waals surface area (Å²) in [4.78, 5) is 27.7. The Balaban J connectivity index is 2.13. The van der Waals surface area contributed by atoms with Gasteiger partial charge in [-0.2, -0.15) is 0 Å². The average molecular weight is 261 g/mol. The van der Waals surface area contributed by atoms with Gasteiger partial charge in [0.25, 0.3) is 0 Å². The topological polar surface area (TPSA) is 65.0 Å². The predicted octanol–water partition coefficient (Wildman–Crippen LogP) is 1.35. The summed E-state index contributed by atoms with van der Waals surface area (Å²) >= 11 is 0. The Hall–Kier alpha value is -2.01. The molecule has 1 aliphatic rings. The number of rotatable bonds is 5. The Morgan fingerprint density at radius 1 is 1.42 bits per heavy atom. The molecule has 100 valence electrons. The number of methoxy groups -OCH3 is 1. The lowest BCUT2D eigenvalue weighted by molar-refractivity contribution is -0.139. The van der Waals surface area contributed by atoms with Crippen LogP contribution in [0.15, 0.2) is 35.3 Å². The van der Waals surface area contributed by atoms with Crippen molar-refractivity contribution in [2.75, 3.05) is 7.11 Å². The Morgan fingerprint density at radius 3 is 2.74 bits per heavy atom. The van der Waals surface area contributed by atoms with Gasteiger partial charge in [0.1, 0.15) is 0 Å². The van der Waals surface area contributed by atoms with Crippen LogP contribution in [-0.4, -0.2) is 36.9 Å². The number of cyclic esters (lactones) is 1. The predicted molar refractivity (Wildman–Crippen MR) is 69.0 cm³/mol. The summed E-state index contributed by atoms with van der Waals surface area (Å²) in [5.41, 5.74) is 0.686. The Kier molecular flexibility index (Phi) is 4.06. The molecular formula is C14H15NO4. The molecule has 1 aliphatic heterocycles. The van der Waals surface area contributed by atoms with Crippen molar-refractivity contribution in [2.45, 2.75) is 25.5 Å². The first-order valence-corrected chi connectivity index (χ1v) is 6.02. The molecule has 0 amide bonds. The number of hydrogen-bond acceptors (Lipinski definition) is 5. The zero-order chi connectivity index (χ0) is 13.8. The van der Waals surface area contributed by atoms with Crippen molar-refractivity contribution in [2.24, 2.45) is 4.99 Å². The van der Waals surface area contributed by atoms with Crippen LogP contribution < -0.4 is 0 Å². The molecule has 0 bridgehead atoms. The monoisotopic (exact) mass is 261 g/mol. The second-order valence-electron chi connectivity index (χ2n) is 4.34. The van der Waals surface area contributed by atoms with E-state index >= 15 is 0 Å². The van der Waals surface area contributed by atoms with E-state index in [-0.39, 0.29) is 24.2 Å². The Bertz CT molecular complexity index is 509. The number of ketones is 1. The SMILES string of the molecule is COC(C)CC(=O)C1N=C(c2ccccc2)OC1=O. The van der Waals surface area contributed by atoms with Crippen molar-refractivity contribution in [1.29, 1.82) is 0 Å². The highest BCUT2D eigenvalue weighted by Crippen LogP contribution is 2.16. The number of benzene rings is 1.